The van der Waals surface area contributed by atoms with Crippen molar-refractivity contribution in [2.45, 2.75) is 6.61 Å². The molecule has 0 atom stereocenters. The number of carbonyl (C=O) groups excluding carboxylic acids is 1. The Morgan fingerprint density at radius 1 is 1.15 bits per heavy atom. The second-order valence-electron chi connectivity index (χ2n) is 5.39. The van der Waals surface area contributed by atoms with Crippen molar-refractivity contribution in [2.24, 2.45) is 0 Å². The van der Waals surface area contributed by atoms with Gasteiger partial charge in [0.15, 0.2) is 0 Å². The minimum atomic E-state index is -0.646. The summed E-state index contributed by atoms with van der Waals surface area (Å²) in [5, 5.41) is 13.8. The highest BCUT2D eigenvalue weighted by Crippen LogP contribution is 2.28. The van der Waals surface area contributed by atoms with Gasteiger partial charge >= 0.3 is 0 Å². The lowest BCUT2D eigenvalue weighted by atomic mass is 10.2. The topological polar surface area (TPSA) is 107 Å². The number of benzene rings is 2. The molecule has 8 nitrogen and oxygen atoms in total. The molecule has 3 aromatic rings. The molecule has 0 saturated heterocycles. The fourth-order valence-electron chi connectivity index (χ4n) is 2.23. The molecule has 0 spiro atoms. The number of amides is 1. The maximum Gasteiger partial charge on any atom is 0.292 e. The second-order valence-corrected chi connectivity index (χ2v) is 5.82. The van der Waals surface area contributed by atoms with Gasteiger partial charge in [-0.25, -0.2) is 9.97 Å². The first kappa shape index (κ1) is 18.3. The number of hydrogen-bond acceptors (Lipinski definition) is 6. The van der Waals surface area contributed by atoms with E-state index in [4.69, 9.17) is 16.3 Å². The van der Waals surface area contributed by atoms with Crippen LogP contribution in [0.25, 0.3) is 0 Å². The first-order valence-corrected chi connectivity index (χ1v) is 8.15. The Bertz CT molecular complexity index is 982. The van der Waals surface area contributed by atoms with Crippen LogP contribution in [0.5, 0.6) is 5.88 Å². The highest BCUT2D eigenvalue weighted by molar-refractivity contribution is 6.31. The van der Waals surface area contributed by atoms with Crippen LogP contribution in [0.3, 0.4) is 0 Å². The Morgan fingerprint density at radius 2 is 1.93 bits per heavy atom. The molecule has 1 N–H and O–H groups in total. The second kappa shape index (κ2) is 8.24. The van der Waals surface area contributed by atoms with E-state index < -0.39 is 10.8 Å². The summed E-state index contributed by atoms with van der Waals surface area (Å²) in [5.41, 5.74) is 0.643. The van der Waals surface area contributed by atoms with Crippen LogP contribution < -0.4 is 10.1 Å². The molecule has 0 radical (unpaired) electrons. The molecule has 0 unspecified atom stereocenters. The summed E-state index contributed by atoms with van der Waals surface area (Å²) < 4.78 is 5.55. The molecular formula is C18H13ClN4O4. The van der Waals surface area contributed by atoms with E-state index in [1.54, 1.807) is 0 Å². The van der Waals surface area contributed by atoms with Gasteiger partial charge in [0.25, 0.3) is 11.6 Å². The fourth-order valence-corrected chi connectivity index (χ4v) is 2.40. The van der Waals surface area contributed by atoms with E-state index in [9.17, 15) is 14.9 Å². The van der Waals surface area contributed by atoms with Gasteiger partial charge in [0.05, 0.1) is 4.92 Å². The van der Waals surface area contributed by atoms with E-state index in [0.29, 0.717) is 0 Å². The van der Waals surface area contributed by atoms with Crippen LogP contribution in [-0.2, 0) is 6.61 Å². The molecule has 0 saturated carbocycles. The monoisotopic (exact) mass is 384 g/mol. The van der Waals surface area contributed by atoms with Gasteiger partial charge in [-0.3, -0.25) is 14.9 Å². The number of nitrogens with one attached hydrogen (secondary N) is 1. The lowest BCUT2D eigenvalue weighted by Crippen LogP contribution is -2.15. The molecule has 1 amide bonds. The van der Waals surface area contributed by atoms with Gasteiger partial charge in [-0.15, -0.1) is 0 Å². The number of nitro groups is 1. The first-order valence-electron chi connectivity index (χ1n) is 7.77. The average Bonchev–Trinajstić information content (AvgIpc) is 2.67. The zero-order valence-corrected chi connectivity index (χ0v) is 14.6. The molecule has 1 heterocycles. The van der Waals surface area contributed by atoms with Crippen molar-refractivity contribution in [3.8, 4) is 5.88 Å². The normalized spacial score (nSPS) is 10.3. The van der Waals surface area contributed by atoms with Crippen molar-refractivity contribution in [1.82, 2.24) is 9.97 Å². The van der Waals surface area contributed by atoms with Crippen LogP contribution in [0.2, 0.25) is 5.02 Å². The number of carbonyl (C=O) groups is 1. The molecule has 3 rings (SSSR count). The van der Waals surface area contributed by atoms with Crippen LogP contribution in [0, 0.1) is 10.1 Å². The van der Waals surface area contributed by atoms with Gasteiger partial charge in [-0.1, -0.05) is 41.9 Å². The van der Waals surface area contributed by atoms with Crippen molar-refractivity contribution < 1.29 is 14.5 Å². The third-order valence-electron chi connectivity index (χ3n) is 3.51. The quantitative estimate of drug-likeness (QED) is 0.510. The first-order chi connectivity index (χ1) is 13.0. The summed E-state index contributed by atoms with van der Waals surface area (Å²) in [6, 6.07) is 14.7. The van der Waals surface area contributed by atoms with Crippen molar-refractivity contribution in [2.75, 3.05) is 5.32 Å². The Hall–Kier alpha value is -3.52. The number of nitro benzene ring substituents is 1. The van der Waals surface area contributed by atoms with E-state index in [2.05, 4.69) is 15.3 Å². The largest absolute Gasteiger partial charge is 0.473 e. The molecular weight excluding hydrogens is 372 g/mol. The van der Waals surface area contributed by atoms with Crippen LogP contribution in [0.15, 0.2) is 60.9 Å². The molecule has 0 aliphatic heterocycles. The minimum absolute atomic E-state index is 0.00216. The molecule has 136 valence electrons. The summed E-state index contributed by atoms with van der Waals surface area (Å²) in [4.78, 5) is 30.7. The summed E-state index contributed by atoms with van der Waals surface area (Å²) in [6.07, 6.45) is 1.18. The lowest BCUT2D eigenvalue weighted by molar-refractivity contribution is -0.383. The molecule has 27 heavy (non-hydrogen) atoms. The number of ether oxygens (including phenoxy) is 1. The van der Waals surface area contributed by atoms with Gasteiger partial charge in [0, 0.05) is 17.2 Å². The third-order valence-corrected chi connectivity index (χ3v) is 3.74. The molecule has 0 bridgehead atoms. The number of aromatic nitrogens is 2. The average molecular weight is 385 g/mol. The van der Waals surface area contributed by atoms with Gasteiger partial charge in [-0.05, 0) is 17.7 Å². The summed E-state index contributed by atoms with van der Waals surface area (Å²) in [5.74, 6) is -0.438. The lowest BCUT2D eigenvalue weighted by Gasteiger charge is -2.08. The highest BCUT2D eigenvalue weighted by atomic mass is 35.5. The SMILES string of the molecule is O=C(Nc1cc(Cl)ccc1[N+](=O)[O-])c1cc(OCc2ccccc2)ncn1. The van der Waals surface area contributed by atoms with Crippen molar-refractivity contribution in [1.29, 1.82) is 0 Å². The Kier molecular flexibility index (Phi) is 5.58. The summed E-state index contributed by atoms with van der Waals surface area (Å²) in [7, 11) is 0. The van der Waals surface area contributed by atoms with E-state index in [1.807, 2.05) is 30.3 Å². The number of hydrogen-bond donors (Lipinski definition) is 1. The molecule has 9 heteroatoms. The number of rotatable bonds is 6. The van der Waals surface area contributed by atoms with E-state index >= 15 is 0 Å². The van der Waals surface area contributed by atoms with Crippen molar-refractivity contribution >= 4 is 28.9 Å². The molecule has 2 aromatic carbocycles. The summed E-state index contributed by atoms with van der Waals surface area (Å²) in [6.45, 7) is 0.276. The van der Waals surface area contributed by atoms with E-state index in [1.165, 1.54) is 30.6 Å². The maximum atomic E-state index is 12.4. The standard InChI is InChI=1S/C18H13ClN4O4/c19-13-6-7-16(23(25)26)14(8-13)22-18(24)15-9-17(21-11-20-15)27-10-12-4-2-1-3-5-12/h1-9,11H,10H2,(H,22,24). The molecule has 0 fully saturated rings. The Morgan fingerprint density at radius 3 is 2.67 bits per heavy atom. The fraction of sp³-hybridized carbons (Fsp3) is 0.0556. The predicted octanol–water partition coefficient (Wildman–Crippen LogP) is 3.87. The molecule has 1 aromatic heterocycles. The van der Waals surface area contributed by atoms with Crippen LogP contribution in [0.1, 0.15) is 16.1 Å². The number of nitrogens with zero attached hydrogens (tertiary/aromatic N) is 3. The smallest absolute Gasteiger partial charge is 0.292 e. The number of halogens is 1. The third kappa shape index (κ3) is 4.77. The maximum absolute atomic E-state index is 12.4. The summed E-state index contributed by atoms with van der Waals surface area (Å²) >= 11 is 5.86. The predicted molar refractivity (Wildman–Crippen MR) is 98.9 cm³/mol. The Balaban J connectivity index is 1.74. The van der Waals surface area contributed by atoms with Crippen LogP contribution >= 0.6 is 11.6 Å². The molecule has 0 aliphatic carbocycles. The van der Waals surface area contributed by atoms with Gasteiger partial charge in [0.1, 0.15) is 24.3 Å². The highest BCUT2D eigenvalue weighted by Gasteiger charge is 2.18. The Labute approximate surface area is 158 Å². The van der Waals surface area contributed by atoms with Gasteiger partial charge in [0.2, 0.25) is 5.88 Å². The van der Waals surface area contributed by atoms with Crippen LogP contribution in [-0.4, -0.2) is 20.8 Å². The number of anilines is 1. The minimum Gasteiger partial charge on any atom is -0.473 e. The zero-order valence-electron chi connectivity index (χ0n) is 13.8. The van der Waals surface area contributed by atoms with Crippen LogP contribution in [0.4, 0.5) is 11.4 Å². The van der Waals surface area contributed by atoms with Crippen molar-refractivity contribution in [3.63, 3.8) is 0 Å². The van der Waals surface area contributed by atoms with E-state index in [0.717, 1.165) is 5.56 Å². The van der Waals surface area contributed by atoms with Gasteiger partial charge < -0.3 is 10.1 Å². The van der Waals surface area contributed by atoms with Crippen molar-refractivity contribution in [3.05, 3.63) is 87.3 Å². The van der Waals surface area contributed by atoms with Gasteiger partial charge in [-0.2, -0.15) is 0 Å². The van der Waals surface area contributed by atoms with E-state index in [-0.39, 0.29) is 34.6 Å². The zero-order chi connectivity index (χ0) is 19.2. The molecule has 0 aliphatic rings.